The Morgan fingerprint density at radius 3 is 3.27 bits per heavy atom. The van der Waals surface area contributed by atoms with E-state index in [0.717, 1.165) is 11.3 Å². The third-order valence-electron chi connectivity index (χ3n) is 1.80. The van der Waals surface area contributed by atoms with Gasteiger partial charge in [0.25, 0.3) is 0 Å². The van der Waals surface area contributed by atoms with Crippen molar-refractivity contribution in [2.24, 2.45) is 5.73 Å². The second-order valence-corrected chi connectivity index (χ2v) is 3.65. The van der Waals surface area contributed by atoms with Gasteiger partial charge in [0.1, 0.15) is 5.69 Å². The highest BCUT2D eigenvalue weighted by Gasteiger charge is 2.24. The first-order valence-electron chi connectivity index (χ1n) is 3.48. The number of carbonyl (C=O) groups is 1. The lowest BCUT2D eigenvalue weighted by molar-refractivity contribution is 0.0961. The van der Waals surface area contributed by atoms with Crippen molar-refractivity contribution in [3.8, 4) is 0 Å². The number of hydrogen-bond donors (Lipinski definition) is 1. The Morgan fingerprint density at radius 2 is 2.45 bits per heavy atom. The molecular formula is C7H8N2OS. The average molecular weight is 168 g/mol. The molecule has 1 aliphatic rings. The van der Waals surface area contributed by atoms with E-state index in [4.69, 9.17) is 5.73 Å². The smallest absolute Gasteiger partial charge is 0.183 e. The first kappa shape index (κ1) is 6.94. The van der Waals surface area contributed by atoms with Crippen LogP contribution in [0.2, 0.25) is 0 Å². The van der Waals surface area contributed by atoms with Gasteiger partial charge in [-0.15, -0.1) is 11.3 Å². The fraction of sp³-hybridized carbons (Fsp3) is 0.429. The molecule has 58 valence electrons. The normalized spacial score (nSPS) is 23.4. The van der Waals surface area contributed by atoms with Crippen molar-refractivity contribution < 1.29 is 4.79 Å². The molecule has 0 fully saturated rings. The van der Waals surface area contributed by atoms with Crippen LogP contribution in [-0.4, -0.2) is 16.8 Å². The molecule has 0 saturated carbocycles. The molecule has 1 aromatic heterocycles. The van der Waals surface area contributed by atoms with Crippen LogP contribution in [0.3, 0.4) is 0 Å². The van der Waals surface area contributed by atoms with Gasteiger partial charge in [0.2, 0.25) is 0 Å². The number of rotatable bonds is 0. The monoisotopic (exact) mass is 168 g/mol. The highest BCUT2D eigenvalue weighted by Crippen LogP contribution is 2.22. The van der Waals surface area contributed by atoms with E-state index in [1.54, 1.807) is 5.51 Å². The summed E-state index contributed by atoms with van der Waals surface area (Å²) < 4.78 is 0. The van der Waals surface area contributed by atoms with Crippen LogP contribution in [-0.2, 0) is 6.42 Å². The third kappa shape index (κ3) is 1.08. The molecule has 11 heavy (non-hydrogen) atoms. The number of nitrogens with zero attached hydrogens (tertiary/aromatic N) is 1. The van der Waals surface area contributed by atoms with E-state index in [1.165, 1.54) is 11.3 Å². The zero-order chi connectivity index (χ0) is 7.84. The minimum Gasteiger partial charge on any atom is -0.327 e. The van der Waals surface area contributed by atoms with E-state index in [9.17, 15) is 4.79 Å². The van der Waals surface area contributed by atoms with Gasteiger partial charge in [-0.1, -0.05) is 0 Å². The quantitative estimate of drug-likeness (QED) is 0.617. The highest BCUT2D eigenvalue weighted by atomic mass is 32.1. The number of ketones is 1. The standard InChI is InChI=1S/C7H8N2OS/c8-4-1-5(10)7-6(2-4)11-3-9-7/h3-4H,1-2,8H2. The van der Waals surface area contributed by atoms with Crippen LogP contribution >= 0.6 is 11.3 Å². The zero-order valence-corrected chi connectivity index (χ0v) is 6.73. The molecule has 2 rings (SSSR count). The summed E-state index contributed by atoms with van der Waals surface area (Å²) in [4.78, 5) is 16.3. The Kier molecular flexibility index (Phi) is 1.51. The minimum atomic E-state index is 0.00968. The molecule has 4 heteroatoms. The Balaban J connectivity index is 2.44. The molecule has 1 atom stereocenters. The second-order valence-electron chi connectivity index (χ2n) is 2.72. The number of thiazole rings is 1. The maximum absolute atomic E-state index is 11.2. The molecule has 2 N–H and O–H groups in total. The molecule has 0 aromatic carbocycles. The number of aromatic nitrogens is 1. The van der Waals surface area contributed by atoms with Crippen LogP contribution in [0, 0.1) is 0 Å². The summed E-state index contributed by atoms with van der Waals surface area (Å²) in [5, 5.41) is 0. The summed E-state index contributed by atoms with van der Waals surface area (Å²) >= 11 is 1.52. The minimum absolute atomic E-state index is 0.00968. The van der Waals surface area contributed by atoms with Crippen molar-refractivity contribution in [1.29, 1.82) is 0 Å². The van der Waals surface area contributed by atoms with Gasteiger partial charge in [-0.3, -0.25) is 4.79 Å². The van der Waals surface area contributed by atoms with Crippen molar-refractivity contribution in [3.05, 3.63) is 16.1 Å². The predicted octanol–water partition coefficient (Wildman–Crippen LogP) is 0.599. The van der Waals surface area contributed by atoms with Gasteiger partial charge >= 0.3 is 0 Å². The third-order valence-corrected chi connectivity index (χ3v) is 2.66. The van der Waals surface area contributed by atoms with E-state index < -0.39 is 0 Å². The van der Waals surface area contributed by atoms with Crippen molar-refractivity contribution in [1.82, 2.24) is 4.98 Å². The van der Waals surface area contributed by atoms with E-state index in [0.29, 0.717) is 12.1 Å². The number of carbonyl (C=O) groups excluding carboxylic acids is 1. The summed E-state index contributed by atoms with van der Waals surface area (Å²) in [6.45, 7) is 0. The first-order chi connectivity index (χ1) is 5.27. The Morgan fingerprint density at radius 1 is 1.64 bits per heavy atom. The van der Waals surface area contributed by atoms with Crippen LogP contribution in [0.4, 0.5) is 0 Å². The van der Waals surface area contributed by atoms with Gasteiger partial charge in [0.05, 0.1) is 5.51 Å². The van der Waals surface area contributed by atoms with Crippen molar-refractivity contribution in [3.63, 3.8) is 0 Å². The van der Waals surface area contributed by atoms with E-state index in [1.807, 2.05) is 0 Å². The Labute approximate surface area is 68.2 Å². The molecule has 1 unspecified atom stereocenters. The molecule has 0 saturated heterocycles. The fourth-order valence-corrected chi connectivity index (χ4v) is 2.16. The summed E-state index contributed by atoms with van der Waals surface area (Å²) in [6.07, 6.45) is 1.27. The largest absolute Gasteiger partial charge is 0.327 e. The van der Waals surface area contributed by atoms with E-state index >= 15 is 0 Å². The topological polar surface area (TPSA) is 56.0 Å². The Hall–Kier alpha value is -0.740. The highest BCUT2D eigenvalue weighted by molar-refractivity contribution is 7.10. The molecule has 0 radical (unpaired) electrons. The summed E-state index contributed by atoms with van der Waals surface area (Å²) in [5.74, 6) is 0.0972. The van der Waals surface area contributed by atoms with Gasteiger partial charge in [-0.05, 0) is 6.42 Å². The molecule has 0 amide bonds. The lowest BCUT2D eigenvalue weighted by atomic mass is 9.97. The Bertz CT molecular complexity index is 294. The van der Waals surface area contributed by atoms with E-state index in [2.05, 4.69) is 4.98 Å². The molecule has 0 bridgehead atoms. The second kappa shape index (κ2) is 2.39. The van der Waals surface area contributed by atoms with Gasteiger partial charge in [0, 0.05) is 17.3 Å². The average Bonchev–Trinajstić information content (AvgIpc) is 2.34. The van der Waals surface area contributed by atoms with Crippen LogP contribution in [0.25, 0.3) is 0 Å². The lowest BCUT2D eigenvalue weighted by Gasteiger charge is -2.14. The first-order valence-corrected chi connectivity index (χ1v) is 4.36. The van der Waals surface area contributed by atoms with Crippen LogP contribution in [0.5, 0.6) is 0 Å². The van der Waals surface area contributed by atoms with Gasteiger partial charge in [-0.2, -0.15) is 0 Å². The summed E-state index contributed by atoms with van der Waals surface area (Å²) in [7, 11) is 0. The molecule has 3 nitrogen and oxygen atoms in total. The number of fused-ring (bicyclic) bond motifs is 1. The molecule has 1 heterocycles. The van der Waals surface area contributed by atoms with Crippen molar-refractivity contribution >= 4 is 17.1 Å². The zero-order valence-electron chi connectivity index (χ0n) is 5.91. The van der Waals surface area contributed by atoms with Crippen LogP contribution < -0.4 is 5.73 Å². The fourth-order valence-electron chi connectivity index (χ4n) is 1.29. The molecule has 0 aliphatic heterocycles. The molecular weight excluding hydrogens is 160 g/mol. The predicted molar refractivity (Wildman–Crippen MR) is 42.7 cm³/mol. The summed E-state index contributed by atoms with van der Waals surface area (Å²) in [6, 6.07) is 0.00968. The molecule has 1 aromatic rings. The molecule has 1 aliphatic carbocycles. The maximum Gasteiger partial charge on any atom is 0.183 e. The maximum atomic E-state index is 11.2. The number of hydrogen-bond acceptors (Lipinski definition) is 4. The number of nitrogens with two attached hydrogens (primary N) is 1. The molecule has 0 spiro atoms. The summed E-state index contributed by atoms with van der Waals surface area (Å²) in [5.41, 5.74) is 8.02. The van der Waals surface area contributed by atoms with Crippen molar-refractivity contribution in [2.75, 3.05) is 0 Å². The van der Waals surface area contributed by atoms with Crippen LogP contribution in [0.15, 0.2) is 5.51 Å². The number of Topliss-reactive ketones (excluding diaryl/α,β-unsaturated/α-hetero) is 1. The van der Waals surface area contributed by atoms with Crippen molar-refractivity contribution in [2.45, 2.75) is 18.9 Å². The lowest BCUT2D eigenvalue weighted by Crippen LogP contribution is -2.30. The van der Waals surface area contributed by atoms with Gasteiger partial charge in [-0.25, -0.2) is 4.98 Å². The van der Waals surface area contributed by atoms with Crippen LogP contribution in [0.1, 0.15) is 21.8 Å². The SMILES string of the molecule is NC1CC(=O)c2ncsc2C1. The van der Waals surface area contributed by atoms with Gasteiger partial charge in [0.15, 0.2) is 5.78 Å². The van der Waals surface area contributed by atoms with Gasteiger partial charge < -0.3 is 5.73 Å². The van der Waals surface area contributed by atoms with E-state index in [-0.39, 0.29) is 11.8 Å².